The lowest BCUT2D eigenvalue weighted by atomic mass is 10.1. The van der Waals surface area contributed by atoms with Crippen molar-refractivity contribution in [2.75, 3.05) is 32.7 Å². The van der Waals surface area contributed by atoms with Crippen LogP contribution in [0.4, 0.5) is 0 Å². The molecule has 7 nitrogen and oxygen atoms in total. The summed E-state index contributed by atoms with van der Waals surface area (Å²) in [6, 6.07) is 12.9. The number of rotatable bonds is 6. The molecule has 2 amide bonds. The molecule has 0 radical (unpaired) electrons. The van der Waals surface area contributed by atoms with Crippen LogP contribution in [-0.4, -0.2) is 62.8 Å². The summed E-state index contributed by atoms with van der Waals surface area (Å²) in [6.45, 7) is 1.47. The van der Waals surface area contributed by atoms with Gasteiger partial charge < -0.3 is 9.80 Å². The number of sulfonamides is 1. The molecule has 2 aromatic rings. The molecule has 160 valence electrons. The van der Waals surface area contributed by atoms with Crippen LogP contribution in [-0.2, 0) is 14.8 Å². The number of hydrogen-bond acceptors (Lipinski definition) is 4. The van der Waals surface area contributed by atoms with Crippen LogP contribution in [0, 0.1) is 0 Å². The van der Waals surface area contributed by atoms with E-state index in [0.717, 1.165) is 0 Å². The van der Waals surface area contributed by atoms with Crippen LogP contribution >= 0.6 is 23.2 Å². The minimum absolute atomic E-state index is 0.00727. The zero-order chi connectivity index (χ0) is 21.7. The topological polar surface area (TPSA) is 86.8 Å². The van der Waals surface area contributed by atoms with Crippen LogP contribution in [0.3, 0.4) is 0 Å². The molecule has 1 aliphatic heterocycles. The summed E-state index contributed by atoms with van der Waals surface area (Å²) >= 11 is 12.1. The Morgan fingerprint density at radius 1 is 0.900 bits per heavy atom. The number of nitrogens with zero attached hydrogens (tertiary/aromatic N) is 2. The van der Waals surface area contributed by atoms with E-state index in [1.54, 1.807) is 46.2 Å². The highest BCUT2D eigenvalue weighted by molar-refractivity contribution is 7.89. The maximum absolute atomic E-state index is 12.7. The lowest BCUT2D eigenvalue weighted by Gasteiger charge is -2.35. The van der Waals surface area contributed by atoms with Crippen LogP contribution < -0.4 is 4.72 Å². The van der Waals surface area contributed by atoms with Crippen molar-refractivity contribution in [1.29, 1.82) is 0 Å². The Labute approximate surface area is 185 Å². The fraction of sp³-hybridized carbons (Fsp3) is 0.300. The van der Waals surface area contributed by atoms with Crippen LogP contribution in [0.5, 0.6) is 0 Å². The van der Waals surface area contributed by atoms with Gasteiger partial charge in [0, 0.05) is 39.1 Å². The van der Waals surface area contributed by atoms with Crippen molar-refractivity contribution >= 4 is 45.0 Å². The third kappa shape index (κ3) is 5.31. The van der Waals surface area contributed by atoms with Gasteiger partial charge in [-0.15, -0.1) is 0 Å². The van der Waals surface area contributed by atoms with Crippen molar-refractivity contribution in [3.8, 4) is 0 Å². The first kappa shape index (κ1) is 22.6. The third-order valence-electron chi connectivity index (χ3n) is 4.79. The van der Waals surface area contributed by atoms with Gasteiger partial charge in [-0.2, -0.15) is 0 Å². The molecule has 1 fully saturated rings. The average Bonchev–Trinajstić information content (AvgIpc) is 2.76. The molecular weight excluding hydrogens is 449 g/mol. The normalized spacial score (nSPS) is 14.6. The average molecular weight is 470 g/mol. The predicted molar refractivity (Wildman–Crippen MR) is 115 cm³/mol. The van der Waals surface area contributed by atoms with Crippen molar-refractivity contribution < 1.29 is 18.0 Å². The van der Waals surface area contributed by atoms with Crippen molar-refractivity contribution in [3.63, 3.8) is 0 Å². The van der Waals surface area contributed by atoms with Crippen molar-refractivity contribution in [3.05, 3.63) is 64.1 Å². The van der Waals surface area contributed by atoms with Crippen LogP contribution in [0.1, 0.15) is 16.8 Å². The van der Waals surface area contributed by atoms with Crippen LogP contribution in [0.25, 0.3) is 0 Å². The van der Waals surface area contributed by atoms with Gasteiger partial charge in [0.25, 0.3) is 5.91 Å². The summed E-state index contributed by atoms with van der Waals surface area (Å²) in [5.41, 5.74) is 0.333. The number of benzene rings is 2. The SMILES string of the molecule is O=C(CCNS(=O)(=O)c1ccccc1)N1CCN(C(=O)c2cccc(Cl)c2Cl)CC1. The van der Waals surface area contributed by atoms with Crippen LogP contribution in [0.15, 0.2) is 53.4 Å². The van der Waals surface area contributed by atoms with E-state index in [9.17, 15) is 18.0 Å². The fourth-order valence-electron chi connectivity index (χ4n) is 3.13. The molecule has 0 spiro atoms. The molecule has 1 N–H and O–H groups in total. The number of carbonyl (C=O) groups is 2. The maximum atomic E-state index is 12.7. The molecule has 2 aromatic carbocycles. The smallest absolute Gasteiger partial charge is 0.255 e. The Bertz CT molecular complexity index is 1020. The molecule has 1 aliphatic rings. The highest BCUT2D eigenvalue weighted by Crippen LogP contribution is 2.26. The highest BCUT2D eigenvalue weighted by Gasteiger charge is 2.26. The number of nitrogens with one attached hydrogen (secondary N) is 1. The summed E-state index contributed by atoms with van der Waals surface area (Å²) in [6.07, 6.45) is 0.0418. The predicted octanol–water partition coefficient (Wildman–Crippen LogP) is 2.65. The summed E-state index contributed by atoms with van der Waals surface area (Å²) < 4.78 is 26.8. The minimum Gasteiger partial charge on any atom is -0.339 e. The van der Waals surface area contributed by atoms with Crippen molar-refractivity contribution in [2.24, 2.45) is 0 Å². The van der Waals surface area contributed by atoms with E-state index in [1.165, 1.54) is 12.1 Å². The van der Waals surface area contributed by atoms with Gasteiger partial charge in [0.05, 0.1) is 20.5 Å². The fourth-order valence-corrected chi connectivity index (χ4v) is 4.57. The molecule has 1 heterocycles. The molecule has 0 aliphatic carbocycles. The van der Waals surface area contributed by atoms with Gasteiger partial charge in [-0.3, -0.25) is 9.59 Å². The third-order valence-corrected chi connectivity index (χ3v) is 7.08. The molecule has 1 saturated heterocycles. The standard InChI is InChI=1S/C20H21Cl2N3O4S/c21-17-8-4-7-16(19(17)22)20(27)25-13-11-24(12-14-25)18(26)9-10-23-30(28,29)15-5-2-1-3-6-15/h1-8,23H,9-14H2. The molecular formula is C20H21Cl2N3O4S. The van der Waals surface area contributed by atoms with Crippen molar-refractivity contribution in [2.45, 2.75) is 11.3 Å². The molecule has 0 unspecified atom stereocenters. The summed E-state index contributed by atoms with van der Waals surface area (Å²) in [5.74, 6) is -0.399. The van der Waals surface area contributed by atoms with E-state index in [2.05, 4.69) is 4.72 Å². The lowest BCUT2D eigenvalue weighted by molar-refractivity contribution is -0.132. The zero-order valence-corrected chi connectivity index (χ0v) is 18.4. The second kappa shape index (κ2) is 9.78. The molecule has 3 rings (SSSR count). The van der Waals surface area contributed by atoms with Gasteiger partial charge in [-0.25, -0.2) is 13.1 Å². The Kier molecular flexibility index (Phi) is 7.36. The Hall–Kier alpha value is -2.13. The molecule has 0 atom stereocenters. The van der Waals surface area contributed by atoms with Crippen molar-refractivity contribution in [1.82, 2.24) is 14.5 Å². The van der Waals surface area contributed by atoms with Gasteiger partial charge >= 0.3 is 0 Å². The van der Waals surface area contributed by atoms with Gasteiger partial charge in [0.15, 0.2) is 0 Å². The largest absolute Gasteiger partial charge is 0.339 e. The molecule has 0 aromatic heterocycles. The zero-order valence-electron chi connectivity index (χ0n) is 16.1. The highest BCUT2D eigenvalue weighted by atomic mass is 35.5. The van der Waals surface area contributed by atoms with Gasteiger partial charge in [0.2, 0.25) is 15.9 Å². The Balaban J connectivity index is 1.48. The number of amides is 2. The van der Waals surface area contributed by atoms with Gasteiger partial charge in [-0.1, -0.05) is 47.5 Å². The quantitative estimate of drug-likeness (QED) is 0.704. The molecule has 10 heteroatoms. The van der Waals surface area contributed by atoms with Gasteiger partial charge in [0.1, 0.15) is 0 Å². The number of hydrogen-bond donors (Lipinski definition) is 1. The number of piperazine rings is 1. The second-order valence-corrected chi connectivity index (χ2v) is 9.29. The lowest BCUT2D eigenvalue weighted by Crippen LogP contribution is -2.51. The van der Waals surface area contributed by atoms with E-state index < -0.39 is 10.0 Å². The minimum atomic E-state index is -3.64. The first-order valence-electron chi connectivity index (χ1n) is 9.35. The first-order chi connectivity index (χ1) is 14.3. The number of carbonyl (C=O) groups excluding carboxylic acids is 2. The summed E-state index contributed by atoms with van der Waals surface area (Å²) in [4.78, 5) is 28.5. The second-order valence-electron chi connectivity index (χ2n) is 6.74. The maximum Gasteiger partial charge on any atom is 0.255 e. The van der Waals surface area contributed by atoms with Crippen LogP contribution in [0.2, 0.25) is 10.0 Å². The van der Waals surface area contributed by atoms with E-state index >= 15 is 0 Å². The molecule has 0 bridgehead atoms. The van der Waals surface area contributed by atoms with E-state index in [0.29, 0.717) is 36.8 Å². The number of halogens is 2. The van der Waals surface area contributed by atoms with E-state index in [4.69, 9.17) is 23.2 Å². The van der Waals surface area contributed by atoms with E-state index in [-0.39, 0.29) is 34.7 Å². The summed E-state index contributed by atoms with van der Waals surface area (Å²) in [7, 11) is -3.64. The molecule has 0 saturated carbocycles. The molecule has 30 heavy (non-hydrogen) atoms. The monoisotopic (exact) mass is 469 g/mol. The van der Waals surface area contributed by atoms with Gasteiger partial charge in [-0.05, 0) is 24.3 Å². The first-order valence-corrected chi connectivity index (χ1v) is 11.6. The Morgan fingerprint density at radius 3 is 2.20 bits per heavy atom. The Morgan fingerprint density at radius 2 is 1.53 bits per heavy atom. The van der Waals surface area contributed by atoms with E-state index in [1.807, 2.05) is 0 Å². The summed E-state index contributed by atoms with van der Waals surface area (Å²) in [5, 5.41) is 0.530.